The Kier molecular flexibility index (Phi) is 6.06. The molecular weight excluding hydrogens is 276 g/mol. The van der Waals surface area contributed by atoms with Gasteiger partial charge in [-0.25, -0.2) is 0 Å². The molecule has 0 saturated heterocycles. The molecule has 1 unspecified atom stereocenters. The van der Waals surface area contributed by atoms with Gasteiger partial charge in [0.05, 0.1) is 4.92 Å². The van der Waals surface area contributed by atoms with Gasteiger partial charge in [0.1, 0.15) is 0 Å². The number of rotatable bonds is 7. The summed E-state index contributed by atoms with van der Waals surface area (Å²) in [6.07, 6.45) is 3.05. The standard InChI is InChI=1S/C14H16N2O5/c1-10(5-8-14(18)19)15-13(17)7-6-11-3-2-4-12(9-11)16(20)21/h2-4,6-7,9-10H,5,8H2,1H3,(H,15,17)(H,18,19). The average molecular weight is 292 g/mol. The van der Waals surface area contributed by atoms with Crippen LogP contribution in [0.15, 0.2) is 30.3 Å². The second-order valence-corrected chi connectivity index (χ2v) is 4.53. The molecule has 1 amide bonds. The van der Waals surface area contributed by atoms with E-state index in [1.54, 1.807) is 13.0 Å². The van der Waals surface area contributed by atoms with E-state index >= 15 is 0 Å². The van der Waals surface area contributed by atoms with Crippen LogP contribution in [-0.4, -0.2) is 27.9 Å². The minimum absolute atomic E-state index is 0.0178. The van der Waals surface area contributed by atoms with Crippen molar-refractivity contribution in [2.24, 2.45) is 0 Å². The molecule has 1 rings (SSSR count). The number of carbonyl (C=O) groups is 2. The van der Waals surface area contributed by atoms with Crippen molar-refractivity contribution in [2.45, 2.75) is 25.8 Å². The first kappa shape index (κ1) is 16.4. The summed E-state index contributed by atoms with van der Waals surface area (Å²) in [4.78, 5) is 32.1. The maximum Gasteiger partial charge on any atom is 0.303 e. The fourth-order valence-corrected chi connectivity index (χ4v) is 1.62. The zero-order chi connectivity index (χ0) is 15.8. The monoisotopic (exact) mass is 292 g/mol. The molecule has 1 atom stereocenters. The van der Waals surface area contributed by atoms with E-state index < -0.39 is 10.9 Å². The van der Waals surface area contributed by atoms with E-state index in [-0.39, 0.29) is 24.1 Å². The van der Waals surface area contributed by atoms with Gasteiger partial charge in [-0.1, -0.05) is 12.1 Å². The van der Waals surface area contributed by atoms with Crippen molar-refractivity contribution in [3.63, 3.8) is 0 Å². The van der Waals surface area contributed by atoms with Crippen molar-refractivity contribution in [3.8, 4) is 0 Å². The fraction of sp³-hybridized carbons (Fsp3) is 0.286. The Hall–Kier alpha value is -2.70. The van der Waals surface area contributed by atoms with Gasteiger partial charge < -0.3 is 10.4 Å². The Morgan fingerprint density at radius 2 is 2.19 bits per heavy atom. The molecule has 0 aliphatic heterocycles. The van der Waals surface area contributed by atoms with Gasteiger partial charge in [-0.2, -0.15) is 0 Å². The first-order chi connectivity index (χ1) is 9.88. The smallest absolute Gasteiger partial charge is 0.303 e. The van der Waals surface area contributed by atoms with E-state index in [9.17, 15) is 19.7 Å². The average Bonchev–Trinajstić information content (AvgIpc) is 2.43. The summed E-state index contributed by atoms with van der Waals surface area (Å²) >= 11 is 0. The van der Waals surface area contributed by atoms with Gasteiger partial charge in [-0.15, -0.1) is 0 Å². The van der Waals surface area contributed by atoms with Crippen molar-refractivity contribution in [2.75, 3.05) is 0 Å². The van der Waals surface area contributed by atoms with E-state index in [1.807, 2.05) is 0 Å². The quantitative estimate of drug-likeness (QED) is 0.453. The van der Waals surface area contributed by atoms with Crippen LogP contribution in [-0.2, 0) is 9.59 Å². The Morgan fingerprint density at radius 3 is 2.81 bits per heavy atom. The Labute approximate surface area is 121 Å². The molecule has 0 fully saturated rings. The lowest BCUT2D eigenvalue weighted by atomic mass is 10.1. The predicted molar refractivity (Wildman–Crippen MR) is 76.6 cm³/mol. The molecule has 112 valence electrons. The molecular formula is C14H16N2O5. The number of nitrogens with zero attached hydrogens (tertiary/aromatic N) is 1. The zero-order valence-electron chi connectivity index (χ0n) is 11.5. The first-order valence-electron chi connectivity index (χ1n) is 6.33. The summed E-state index contributed by atoms with van der Waals surface area (Å²) in [6.45, 7) is 1.71. The SMILES string of the molecule is CC(CCC(=O)O)NC(=O)C=Cc1cccc([N+](=O)[O-])c1. The van der Waals surface area contributed by atoms with Gasteiger partial charge in [-0.3, -0.25) is 19.7 Å². The minimum Gasteiger partial charge on any atom is -0.481 e. The highest BCUT2D eigenvalue weighted by molar-refractivity contribution is 5.92. The third kappa shape index (κ3) is 6.33. The molecule has 2 N–H and O–H groups in total. The lowest BCUT2D eigenvalue weighted by Crippen LogP contribution is -2.31. The Balaban J connectivity index is 2.55. The number of aliphatic carboxylic acids is 1. The molecule has 0 radical (unpaired) electrons. The van der Waals surface area contributed by atoms with Crippen molar-refractivity contribution >= 4 is 23.6 Å². The van der Waals surface area contributed by atoms with Crippen molar-refractivity contribution in [3.05, 3.63) is 46.0 Å². The molecule has 0 aliphatic carbocycles. The molecule has 0 heterocycles. The van der Waals surface area contributed by atoms with Gasteiger partial charge in [0.25, 0.3) is 5.69 Å². The number of carbonyl (C=O) groups excluding carboxylic acids is 1. The van der Waals surface area contributed by atoms with E-state index in [0.29, 0.717) is 12.0 Å². The van der Waals surface area contributed by atoms with Gasteiger partial charge in [0.2, 0.25) is 5.91 Å². The first-order valence-corrected chi connectivity index (χ1v) is 6.33. The van der Waals surface area contributed by atoms with Crippen molar-refractivity contribution < 1.29 is 19.6 Å². The second kappa shape index (κ2) is 7.78. The number of non-ortho nitro benzene ring substituents is 1. The number of nitro benzene ring substituents is 1. The zero-order valence-corrected chi connectivity index (χ0v) is 11.5. The maximum atomic E-state index is 11.6. The van der Waals surface area contributed by atoms with E-state index in [0.717, 1.165) is 0 Å². The van der Waals surface area contributed by atoms with E-state index in [4.69, 9.17) is 5.11 Å². The molecule has 21 heavy (non-hydrogen) atoms. The molecule has 0 spiro atoms. The van der Waals surface area contributed by atoms with Crippen LogP contribution in [0, 0.1) is 10.1 Å². The molecule has 1 aromatic carbocycles. The highest BCUT2D eigenvalue weighted by Gasteiger charge is 2.07. The highest BCUT2D eigenvalue weighted by Crippen LogP contribution is 2.14. The van der Waals surface area contributed by atoms with Gasteiger partial charge in [0, 0.05) is 30.7 Å². The lowest BCUT2D eigenvalue weighted by Gasteiger charge is -2.10. The normalized spacial score (nSPS) is 12.0. The number of benzene rings is 1. The van der Waals surface area contributed by atoms with Gasteiger partial charge >= 0.3 is 5.97 Å². The second-order valence-electron chi connectivity index (χ2n) is 4.53. The molecule has 0 saturated carbocycles. The van der Waals surface area contributed by atoms with Crippen LogP contribution >= 0.6 is 0 Å². The van der Waals surface area contributed by atoms with Crippen LogP contribution in [0.2, 0.25) is 0 Å². The third-order valence-corrected chi connectivity index (χ3v) is 2.69. The number of hydrogen-bond donors (Lipinski definition) is 2. The number of carboxylic acid groups (broad SMARTS) is 1. The maximum absolute atomic E-state index is 11.6. The largest absolute Gasteiger partial charge is 0.481 e. The summed E-state index contributed by atoms with van der Waals surface area (Å²) in [6, 6.07) is 5.64. The number of hydrogen-bond acceptors (Lipinski definition) is 4. The van der Waals surface area contributed by atoms with Crippen LogP contribution in [0.25, 0.3) is 6.08 Å². The van der Waals surface area contributed by atoms with Crippen LogP contribution in [0.4, 0.5) is 5.69 Å². The van der Waals surface area contributed by atoms with Crippen molar-refractivity contribution in [1.82, 2.24) is 5.32 Å². The summed E-state index contributed by atoms with van der Waals surface area (Å²) in [7, 11) is 0. The van der Waals surface area contributed by atoms with Gasteiger partial charge in [-0.05, 0) is 25.0 Å². The molecule has 7 nitrogen and oxygen atoms in total. The van der Waals surface area contributed by atoms with E-state index in [1.165, 1.54) is 30.4 Å². The fourth-order valence-electron chi connectivity index (χ4n) is 1.62. The topological polar surface area (TPSA) is 110 Å². The molecule has 0 aromatic heterocycles. The van der Waals surface area contributed by atoms with Crippen LogP contribution in [0.1, 0.15) is 25.3 Å². The van der Waals surface area contributed by atoms with Crippen LogP contribution in [0.5, 0.6) is 0 Å². The third-order valence-electron chi connectivity index (χ3n) is 2.69. The van der Waals surface area contributed by atoms with Gasteiger partial charge in [0.15, 0.2) is 0 Å². The summed E-state index contributed by atoms with van der Waals surface area (Å²) in [5.74, 6) is -1.29. The number of nitro groups is 1. The van der Waals surface area contributed by atoms with Crippen LogP contribution < -0.4 is 5.32 Å². The predicted octanol–water partition coefficient (Wildman–Crippen LogP) is 1.98. The highest BCUT2D eigenvalue weighted by atomic mass is 16.6. The molecule has 1 aromatic rings. The molecule has 7 heteroatoms. The Bertz CT molecular complexity index is 568. The van der Waals surface area contributed by atoms with Crippen molar-refractivity contribution in [1.29, 1.82) is 0 Å². The number of carboxylic acids is 1. The number of nitrogens with one attached hydrogen (secondary N) is 1. The molecule has 0 aliphatic rings. The minimum atomic E-state index is -0.914. The van der Waals surface area contributed by atoms with Crippen LogP contribution in [0.3, 0.4) is 0 Å². The number of amides is 1. The lowest BCUT2D eigenvalue weighted by molar-refractivity contribution is -0.384. The van der Waals surface area contributed by atoms with E-state index in [2.05, 4.69) is 5.32 Å². The summed E-state index contributed by atoms with van der Waals surface area (Å²) in [5, 5.41) is 21.8. The summed E-state index contributed by atoms with van der Waals surface area (Å²) in [5.41, 5.74) is 0.491. The Morgan fingerprint density at radius 1 is 1.48 bits per heavy atom. The molecule has 0 bridgehead atoms. The summed E-state index contributed by atoms with van der Waals surface area (Å²) < 4.78 is 0.